The average Bonchev–Trinajstić information content (AvgIpc) is 3.21. The molecule has 5 heteroatoms. The van der Waals surface area contributed by atoms with E-state index in [9.17, 15) is 0 Å². The molecule has 1 aliphatic carbocycles. The lowest BCUT2D eigenvalue weighted by molar-refractivity contribution is 0.676. The van der Waals surface area contributed by atoms with Gasteiger partial charge in [0.15, 0.2) is 0 Å². The molecule has 2 aromatic rings. The van der Waals surface area contributed by atoms with Gasteiger partial charge in [-0.2, -0.15) is 0 Å². The van der Waals surface area contributed by atoms with Crippen molar-refractivity contribution in [2.24, 2.45) is 0 Å². The summed E-state index contributed by atoms with van der Waals surface area (Å²) < 4.78 is 0. The van der Waals surface area contributed by atoms with E-state index in [0.717, 1.165) is 30.2 Å². The van der Waals surface area contributed by atoms with Gasteiger partial charge in [0.2, 0.25) is 0 Å². The maximum absolute atomic E-state index is 6.23. The van der Waals surface area contributed by atoms with Crippen LogP contribution in [-0.2, 0) is 6.54 Å². The Morgan fingerprint density at radius 3 is 3.00 bits per heavy atom. The summed E-state index contributed by atoms with van der Waals surface area (Å²) in [4.78, 5) is 10.5. The molecule has 0 aliphatic heterocycles. The quantitative estimate of drug-likeness (QED) is 0.811. The van der Waals surface area contributed by atoms with Gasteiger partial charge in [0.05, 0.1) is 10.7 Å². The summed E-state index contributed by atoms with van der Waals surface area (Å²) >= 11 is 7.96. The molecular formula is C15H18ClN3S. The number of hydrogen-bond donors (Lipinski definition) is 1. The van der Waals surface area contributed by atoms with Crippen LogP contribution in [-0.4, -0.2) is 16.5 Å². The van der Waals surface area contributed by atoms with Crippen molar-refractivity contribution in [3.05, 3.63) is 33.9 Å². The average molecular weight is 308 g/mol. The molecule has 1 fully saturated rings. The van der Waals surface area contributed by atoms with Crippen LogP contribution in [0.4, 0.5) is 0 Å². The van der Waals surface area contributed by atoms with Crippen LogP contribution < -0.4 is 5.32 Å². The number of halogens is 1. The summed E-state index contributed by atoms with van der Waals surface area (Å²) in [6.45, 7) is 4.13. The van der Waals surface area contributed by atoms with Crippen molar-refractivity contribution >= 4 is 22.9 Å². The summed E-state index contributed by atoms with van der Waals surface area (Å²) in [5.41, 5.74) is 2.07. The van der Waals surface area contributed by atoms with Crippen molar-refractivity contribution in [1.82, 2.24) is 15.3 Å². The largest absolute Gasteiger partial charge is 0.312 e. The second-order valence-electron chi connectivity index (χ2n) is 5.11. The lowest BCUT2D eigenvalue weighted by Gasteiger charge is -2.01. The molecule has 106 valence electrons. The number of hydrogen-bond acceptors (Lipinski definition) is 4. The Bertz CT molecular complexity index is 593. The number of nitrogens with zero attached hydrogens (tertiary/aromatic N) is 2. The Balaban J connectivity index is 1.89. The standard InChI is InChI=1S/C15H18ClN3S/c1-2-7-17-9-12-13(10-5-6-10)19-15(20-12)14-11(16)4-3-8-18-14/h3-4,8,10,17H,2,5-7,9H2,1H3. The Morgan fingerprint density at radius 1 is 1.45 bits per heavy atom. The van der Waals surface area contributed by atoms with Crippen LogP contribution in [0.25, 0.3) is 10.7 Å². The first-order valence-electron chi connectivity index (χ1n) is 7.10. The van der Waals surface area contributed by atoms with Gasteiger partial charge in [-0.15, -0.1) is 11.3 Å². The van der Waals surface area contributed by atoms with Crippen LogP contribution in [0.2, 0.25) is 5.02 Å². The predicted molar refractivity (Wildman–Crippen MR) is 84.3 cm³/mol. The highest BCUT2D eigenvalue weighted by Crippen LogP contribution is 2.44. The molecule has 3 rings (SSSR count). The predicted octanol–water partition coefficient (Wildman–Crippen LogP) is 4.24. The van der Waals surface area contributed by atoms with Crippen LogP contribution in [0.3, 0.4) is 0 Å². The van der Waals surface area contributed by atoms with E-state index < -0.39 is 0 Å². The third kappa shape index (κ3) is 3.03. The molecule has 1 saturated carbocycles. The maximum atomic E-state index is 6.23. The first-order valence-corrected chi connectivity index (χ1v) is 8.30. The molecule has 1 N–H and O–H groups in total. The molecule has 0 bridgehead atoms. The van der Waals surface area contributed by atoms with Crippen molar-refractivity contribution in [3.8, 4) is 10.7 Å². The zero-order valence-electron chi connectivity index (χ0n) is 11.5. The van der Waals surface area contributed by atoms with Gasteiger partial charge in [0, 0.05) is 23.5 Å². The number of nitrogens with one attached hydrogen (secondary N) is 1. The Labute approximate surface area is 128 Å². The molecule has 0 radical (unpaired) electrons. The highest BCUT2D eigenvalue weighted by Gasteiger charge is 2.30. The Morgan fingerprint density at radius 2 is 2.30 bits per heavy atom. The molecule has 0 spiro atoms. The van der Waals surface area contributed by atoms with Gasteiger partial charge in [-0.1, -0.05) is 18.5 Å². The summed E-state index contributed by atoms with van der Waals surface area (Å²) in [5.74, 6) is 0.654. The van der Waals surface area contributed by atoms with E-state index in [-0.39, 0.29) is 0 Å². The fraction of sp³-hybridized carbons (Fsp3) is 0.467. The Kier molecular flexibility index (Phi) is 4.34. The molecule has 1 aliphatic rings. The van der Waals surface area contributed by atoms with Gasteiger partial charge in [0.1, 0.15) is 10.7 Å². The molecule has 2 heterocycles. The second kappa shape index (κ2) is 6.20. The van der Waals surface area contributed by atoms with Gasteiger partial charge >= 0.3 is 0 Å². The summed E-state index contributed by atoms with van der Waals surface area (Å²) in [6.07, 6.45) is 5.45. The molecule has 0 atom stereocenters. The SMILES string of the molecule is CCCNCc1sc(-c2ncccc2Cl)nc1C1CC1. The molecular weight excluding hydrogens is 290 g/mol. The van der Waals surface area contributed by atoms with Gasteiger partial charge in [0.25, 0.3) is 0 Å². The van der Waals surface area contributed by atoms with Crippen molar-refractivity contribution in [2.45, 2.75) is 38.6 Å². The van der Waals surface area contributed by atoms with E-state index >= 15 is 0 Å². The van der Waals surface area contributed by atoms with Gasteiger partial charge in [-0.05, 0) is 37.9 Å². The number of aromatic nitrogens is 2. The first kappa shape index (κ1) is 14.0. The van der Waals surface area contributed by atoms with E-state index in [0.29, 0.717) is 10.9 Å². The molecule has 2 aromatic heterocycles. The third-order valence-electron chi connectivity index (χ3n) is 3.36. The van der Waals surface area contributed by atoms with Crippen LogP contribution in [0.15, 0.2) is 18.3 Å². The second-order valence-corrected chi connectivity index (χ2v) is 6.60. The monoisotopic (exact) mass is 307 g/mol. The third-order valence-corrected chi connectivity index (χ3v) is 4.75. The first-order chi connectivity index (χ1) is 9.79. The summed E-state index contributed by atoms with van der Waals surface area (Å²) in [5, 5.41) is 5.10. The molecule has 0 saturated heterocycles. The molecule has 0 aromatic carbocycles. The van der Waals surface area contributed by atoms with E-state index in [4.69, 9.17) is 16.6 Å². The van der Waals surface area contributed by atoms with Crippen molar-refractivity contribution in [3.63, 3.8) is 0 Å². The molecule has 0 unspecified atom stereocenters. The minimum Gasteiger partial charge on any atom is -0.312 e. The fourth-order valence-electron chi connectivity index (χ4n) is 2.19. The fourth-order valence-corrected chi connectivity index (χ4v) is 3.58. The molecule has 20 heavy (non-hydrogen) atoms. The van der Waals surface area contributed by atoms with E-state index in [2.05, 4.69) is 17.2 Å². The molecule has 3 nitrogen and oxygen atoms in total. The smallest absolute Gasteiger partial charge is 0.143 e. The number of rotatable bonds is 6. The maximum Gasteiger partial charge on any atom is 0.143 e. The topological polar surface area (TPSA) is 37.8 Å². The lowest BCUT2D eigenvalue weighted by Crippen LogP contribution is -2.13. The zero-order chi connectivity index (χ0) is 13.9. The minimum absolute atomic E-state index is 0.654. The van der Waals surface area contributed by atoms with Crippen LogP contribution >= 0.6 is 22.9 Å². The normalized spacial score (nSPS) is 14.7. The van der Waals surface area contributed by atoms with Crippen LogP contribution in [0, 0.1) is 0 Å². The van der Waals surface area contributed by atoms with Crippen molar-refractivity contribution in [2.75, 3.05) is 6.54 Å². The van der Waals surface area contributed by atoms with E-state index in [1.807, 2.05) is 12.1 Å². The summed E-state index contributed by atoms with van der Waals surface area (Å²) in [6, 6.07) is 3.72. The van der Waals surface area contributed by atoms with Gasteiger partial charge < -0.3 is 5.32 Å². The van der Waals surface area contributed by atoms with Gasteiger partial charge in [-0.25, -0.2) is 4.98 Å². The highest BCUT2D eigenvalue weighted by atomic mass is 35.5. The minimum atomic E-state index is 0.654. The van der Waals surface area contributed by atoms with Crippen molar-refractivity contribution < 1.29 is 0 Å². The highest BCUT2D eigenvalue weighted by molar-refractivity contribution is 7.15. The molecule has 0 amide bonds. The lowest BCUT2D eigenvalue weighted by atomic mass is 10.2. The number of thiazole rings is 1. The Hall–Kier alpha value is -0.970. The van der Waals surface area contributed by atoms with E-state index in [1.54, 1.807) is 17.5 Å². The zero-order valence-corrected chi connectivity index (χ0v) is 13.1. The van der Waals surface area contributed by atoms with Crippen LogP contribution in [0.5, 0.6) is 0 Å². The van der Waals surface area contributed by atoms with E-state index in [1.165, 1.54) is 23.4 Å². The van der Waals surface area contributed by atoms with Gasteiger partial charge in [-0.3, -0.25) is 4.98 Å². The van der Waals surface area contributed by atoms with Crippen LogP contribution in [0.1, 0.15) is 42.7 Å². The van der Waals surface area contributed by atoms with Crippen molar-refractivity contribution in [1.29, 1.82) is 0 Å². The number of pyridine rings is 1. The summed E-state index contributed by atoms with van der Waals surface area (Å²) in [7, 11) is 0.